The number of likely N-dealkylation sites (N-methyl/N-ethyl adjacent to an activating group) is 1. The summed E-state index contributed by atoms with van der Waals surface area (Å²) in [5, 5.41) is 2.58. The molecule has 0 radical (unpaired) electrons. The minimum absolute atomic E-state index is 0.198. The predicted molar refractivity (Wildman–Crippen MR) is 73.2 cm³/mol. The number of halogens is 1. The van der Waals surface area contributed by atoms with Crippen LogP contribution in [0.3, 0.4) is 0 Å². The van der Waals surface area contributed by atoms with E-state index < -0.39 is 5.82 Å². The molecule has 1 saturated carbocycles. The van der Waals surface area contributed by atoms with E-state index in [-0.39, 0.29) is 18.1 Å². The lowest BCUT2D eigenvalue weighted by Crippen LogP contribution is -2.43. The number of benzene rings is 1. The molecule has 3 N–H and O–H groups in total. The highest BCUT2D eigenvalue weighted by atomic mass is 19.1. The van der Waals surface area contributed by atoms with E-state index in [0.29, 0.717) is 12.0 Å². The van der Waals surface area contributed by atoms with Gasteiger partial charge < -0.3 is 11.1 Å². The molecule has 19 heavy (non-hydrogen) atoms. The molecular formula is C14H20FN3O. The first-order valence-electron chi connectivity index (χ1n) is 6.53. The number of hydrogen-bond donors (Lipinski definition) is 2. The topological polar surface area (TPSA) is 58.4 Å². The Balaban J connectivity index is 1.76. The summed E-state index contributed by atoms with van der Waals surface area (Å²) in [5.74, 6) is -0.0269. The molecule has 0 unspecified atom stereocenters. The van der Waals surface area contributed by atoms with Gasteiger partial charge >= 0.3 is 0 Å². The maximum atomic E-state index is 13.4. The lowest BCUT2D eigenvalue weighted by Gasteiger charge is -2.35. The SMILES string of the molecule is CN(CC(=O)Nc1ccccc1F)CC1CC(N)C1. The average Bonchev–Trinajstić information content (AvgIpc) is 2.30. The van der Waals surface area contributed by atoms with Crippen LogP contribution in [0.15, 0.2) is 24.3 Å². The fourth-order valence-corrected chi connectivity index (χ4v) is 2.44. The molecule has 0 heterocycles. The Kier molecular flexibility index (Phi) is 4.50. The van der Waals surface area contributed by atoms with E-state index in [1.54, 1.807) is 18.2 Å². The second-order valence-corrected chi connectivity index (χ2v) is 5.32. The number of nitrogens with one attached hydrogen (secondary N) is 1. The molecular weight excluding hydrogens is 245 g/mol. The highest BCUT2D eigenvalue weighted by molar-refractivity contribution is 5.92. The number of para-hydroxylation sites is 1. The van der Waals surface area contributed by atoms with Crippen molar-refractivity contribution in [2.24, 2.45) is 11.7 Å². The summed E-state index contributed by atoms with van der Waals surface area (Å²) >= 11 is 0. The molecule has 1 aromatic rings. The Hall–Kier alpha value is -1.46. The van der Waals surface area contributed by atoms with Gasteiger partial charge in [-0.05, 0) is 37.9 Å². The van der Waals surface area contributed by atoms with Crippen LogP contribution >= 0.6 is 0 Å². The molecule has 0 bridgehead atoms. The van der Waals surface area contributed by atoms with Crippen molar-refractivity contribution in [3.63, 3.8) is 0 Å². The maximum absolute atomic E-state index is 13.4. The van der Waals surface area contributed by atoms with Gasteiger partial charge in [0.2, 0.25) is 5.91 Å². The third kappa shape index (κ3) is 4.01. The minimum atomic E-state index is -0.413. The van der Waals surface area contributed by atoms with E-state index in [2.05, 4.69) is 5.32 Å². The van der Waals surface area contributed by atoms with Gasteiger partial charge in [-0.15, -0.1) is 0 Å². The van der Waals surface area contributed by atoms with Crippen LogP contribution in [0.1, 0.15) is 12.8 Å². The lowest BCUT2D eigenvalue weighted by molar-refractivity contribution is -0.117. The van der Waals surface area contributed by atoms with Gasteiger partial charge in [-0.25, -0.2) is 4.39 Å². The number of anilines is 1. The fourth-order valence-electron chi connectivity index (χ4n) is 2.44. The molecule has 4 nitrogen and oxygen atoms in total. The number of nitrogens with zero attached hydrogens (tertiary/aromatic N) is 1. The molecule has 0 spiro atoms. The highest BCUT2D eigenvalue weighted by Gasteiger charge is 2.27. The minimum Gasteiger partial charge on any atom is -0.328 e. The van der Waals surface area contributed by atoms with Crippen molar-refractivity contribution in [2.45, 2.75) is 18.9 Å². The van der Waals surface area contributed by atoms with Crippen molar-refractivity contribution in [3.05, 3.63) is 30.1 Å². The molecule has 0 aliphatic heterocycles. The summed E-state index contributed by atoms with van der Waals surface area (Å²) in [6.45, 7) is 1.12. The van der Waals surface area contributed by atoms with Crippen LogP contribution in [0.5, 0.6) is 0 Å². The number of rotatable bonds is 5. The Morgan fingerprint density at radius 3 is 2.79 bits per heavy atom. The Morgan fingerprint density at radius 2 is 2.16 bits per heavy atom. The monoisotopic (exact) mass is 265 g/mol. The summed E-state index contributed by atoms with van der Waals surface area (Å²) in [7, 11) is 1.89. The number of carbonyl (C=O) groups is 1. The zero-order valence-electron chi connectivity index (χ0n) is 11.1. The molecule has 104 valence electrons. The first-order chi connectivity index (χ1) is 9.04. The number of carbonyl (C=O) groups excluding carboxylic acids is 1. The van der Waals surface area contributed by atoms with Gasteiger partial charge in [-0.3, -0.25) is 9.69 Å². The van der Waals surface area contributed by atoms with Crippen molar-refractivity contribution in [3.8, 4) is 0 Å². The number of amides is 1. The van der Waals surface area contributed by atoms with Crippen LogP contribution in [0.2, 0.25) is 0 Å². The standard InChI is InChI=1S/C14H20FN3O/c1-18(8-10-6-11(16)7-10)9-14(19)17-13-5-3-2-4-12(13)15/h2-5,10-11H,6-9,16H2,1H3,(H,17,19). The number of hydrogen-bond acceptors (Lipinski definition) is 3. The smallest absolute Gasteiger partial charge is 0.238 e. The van der Waals surface area contributed by atoms with Gasteiger partial charge in [-0.1, -0.05) is 12.1 Å². The van der Waals surface area contributed by atoms with Crippen LogP contribution in [-0.2, 0) is 4.79 Å². The zero-order chi connectivity index (χ0) is 13.8. The molecule has 1 aromatic carbocycles. The highest BCUT2D eigenvalue weighted by Crippen LogP contribution is 2.25. The van der Waals surface area contributed by atoms with Crippen molar-refractivity contribution in [1.82, 2.24) is 4.90 Å². The van der Waals surface area contributed by atoms with Crippen molar-refractivity contribution in [1.29, 1.82) is 0 Å². The molecule has 1 amide bonds. The van der Waals surface area contributed by atoms with Gasteiger partial charge in [0, 0.05) is 12.6 Å². The van der Waals surface area contributed by atoms with Crippen molar-refractivity contribution < 1.29 is 9.18 Å². The Bertz CT molecular complexity index is 446. The summed E-state index contributed by atoms with van der Waals surface area (Å²) < 4.78 is 13.4. The molecule has 0 aromatic heterocycles. The van der Waals surface area contributed by atoms with E-state index in [9.17, 15) is 9.18 Å². The maximum Gasteiger partial charge on any atom is 0.238 e. The van der Waals surface area contributed by atoms with Crippen LogP contribution in [0, 0.1) is 11.7 Å². The van der Waals surface area contributed by atoms with Gasteiger partial charge in [0.05, 0.1) is 12.2 Å². The third-order valence-corrected chi connectivity index (χ3v) is 3.40. The van der Waals surface area contributed by atoms with Crippen LogP contribution < -0.4 is 11.1 Å². The lowest BCUT2D eigenvalue weighted by atomic mass is 9.81. The van der Waals surface area contributed by atoms with Gasteiger partial charge in [0.25, 0.3) is 0 Å². The van der Waals surface area contributed by atoms with E-state index in [1.807, 2.05) is 11.9 Å². The van der Waals surface area contributed by atoms with Crippen molar-refractivity contribution >= 4 is 11.6 Å². The van der Waals surface area contributed by atoms with Crippen LogP contribution in [0.25, 0.3) is 0 Å². The van der Waals surface area contributed by atoms with E-state index in [1.165, 1.54) is 6.07 Å². The first kappa shape index (κ1) is 14.0. The zero-order valence-corrected chi connectivity index (χ0v) is 11.1. The summed E-state index contributed by atoms with van der Waals surface area (Å²) in [6, 6.07) is 6.49. The van der Waals surface area contributed by atoms with E-state index in [0.717, 1.165) is 19.4 Å². The molecule has 0 atom stereocenters. The molecule has 2 rings (SSSR count). The molecule has 1 aliphatic carbocycles. The number of nitrogens with two attached hydrogens (primary N) is 1. The summed E-state index contributed by atoms with van der Waals surface area (Å²) in [6.07, 6.45) is 2.05. The normalized spacial score (nSPS) is 22.1. The quantitative estimate of drug-likeness (QED) is 0.847. The second kappa shape index (κ2) is 6.12. The predicted octanol–water partition coefficient (Wildman–Crippen LogP) is 1.43. The summed E-state index contributed by atoms with van der Waals surface area (Å²) in [5.41, 5.74) is 5.95. The van der Waals surface area contributed by atoms with Crippen molar-refractivity contribution in [2.75, 3.05) is 25.5 Å². The third-order valence-electron chi connectivity index (χ3n) is 3.40. The van der Waals surface area contributed by atoms with Gasteiger partial charge in [0.15, 0.2) is 0 Å². The van der Waals surface area contributed by atoms with Crippen LogP contribution in [0.4, 0.5) is 10.1 Å². The summed E-state index contributed by atoms with van der Waals surface area (Å²) in [4.78, 5) is 13.7. The van der Waals surface area contributed by atoms with E-state index >= 15 is 0 Å². The Morgan fingerprint density at radius 1 is 1.47 bits per heavy atom. The van der Waals surface area contributed by atoms with Gasteiger partial charge in [0.1, 0.15) is 5.82 Å². The fraction of sp³-hybridized carbons (Fsp3) is 0.500. The molecule has 1 aliphatic rings. The molecule has 1 fully saturated rings. The average molecular weight is 265 g/mol. The van der Waals surface area contributed by atoms with Crippen LogP contribution in [-0.4, -0.2) is 37.0 Å². The largest absolute Gasteiger partial charge is 0.328 e. The second-order valence-electron chi connectivity index (χ2n) is 5.32. The first-order valence-corrected chi connectivity index (χ1v) is 6.53. The molecule has 0 saturated heterocycles. The molecule has 5 heteroatoms. The Labute approximate surface area is 112 Å². The van der Waals surface area contributed by atoms with Gasteiger partial charge in [-0.2, -0.15) is 0 Å². The van der Waals surface area contributed by atoms with E-state index in [4.69, 9.17) is 5.73 Å².